The largest absolute Gasteiger partial charge is 0.474 e. The third-order valence-electron chi connectivity index (χ3n) is 5.76. The Morgan fingerprint density at radius 2 is 1.87 bits per heavy atom. The van der Waals surface area contributed by atoms with Crippen molar-refractivity contribution in [1.29, 1.82) is 0 Å². The topological polar surface area (TPSA) is 85.3 Å². The van der Waals surface area contributed by atoms with Crippen molar-refractivity contribution < 1.29 is 9.47 Å². The molecule has 0 unspecified atom stereocenters. The van der Waals surface area contributed by atoms with E-state index in [4.69, 9.17) is 14.5 Å². The number of pyridine rings is 2. The van der Waals surface area contributed by atoms with Gasteiger partial charge in [0.2, 0.25) is 5.88 Å². The van der Waals surface area contributed by atoms with E-state index in [0.29, 0.717) is 11.9 Å². The Balaban J connectivity index is 1.29. The number of hydrogen-bond donors (Lipinski definition) is 1. The van der Waals surface area contributed by atoms with Gasteiger partial charge in [-0.15, -0.1) is 5.10 Å². The molecule has 8 heteroatoms. The molecule has 30 heavy (non-hydrogen) atoms. The lowest BCUT2D eigenvalue weighted by Crippen LogP contribution is -2.37. The van der Waals surface area contributed by atoms with Crippen molar-refractivity contribution in [2.45, 2.75) is 37.8 Å². The average Bonchev–Trinajstić information content (AvgIpc) is 2.81. The highest BCUT2D eigenvalue weighted by atomic mass is 16.5. The fourth-order valence-corrected chi connectivity index (χ4v) is 4.15. The number of ether oxygens (including phenoxy) is 2. The van der Waals surface area contributed by atoms with Crippen LogP contribution >= 0.6 is 0 Å². The molecule has 1 N–H and O–H groups in total. The fraction of sp³-hybridized carbons (Fsp3) is 0.455. The molecular formula is C22H26N6O2. The smallest absolute Gasteiger partial charge is 0.225 e. The lowest BCUT2D eigenvalue weighted by molar-refractivity contribution is 0.122. The van der Waals surface area contributed by atoms with Gasteiger partial charge in [0.05, 0.1) is 24.1 Å². The summed E-state index contributed by atoms with van der Waals surface area (Å²) >= 11 is 0. The Morgan fingerprint density at radius 1 is 1.03 bits per heavy atom. The molecular weight excluding hydrogens is 380 g/mol. The molecule has 5 rings (SSSR count). The minimum Gasteiger partial charge on any atom is -0.474 e. The van der Waals surface area contributed by atoms with Crippen molar-refractivity contribution in [3.05, 3.63) is 42.7 Å². The van der Waals surface area contributed by atoms with E-state index in [1.165, 1.54) is 0 Å². The summed E-state index contributed by atoms with van der Waals surface area (Å²) in [6.07, 6.45) is 7.67. The Morgan fingerprint density at radius 3 is 2.67 bits per heavy atom. The molecule has 1 aliphatic carbocycles. The number of morpholine rings is 1. The highest BCUT2D eigenvalue weighted by Crippen LogP contribution is 2.31. The summed E-state index contributed by atoms with van der Waals surface area (Å²) in [5.41, 5.74) is 0.919. The lowest BCUT2D eigenvalue weighted by Gasteiger charge is -2.31. The standard InChI is InChI=1S/C22H26N6O2/c1-3-18-19(23-9-1)15-21(28-11-13-29-14-12-28)26-22(18)30-17-7-5-16(6-8-17)25-20-4-2-10-24-27-20/h1-4,9-10,15-17H,5-8,11-14H2,(H,25,27). The van der Waals surface area contributed by atoms with Gasteiger partial charge in [0.1, 0.15) is 17.7 Å². The molecule has 8 nitrogen and oxygen atoms in total. The van der Waals surface area contributed by atoms with E-state index in [9.17, 15) is 0 Å². The Bertz CT molecular complexity index is 972. The molecule has 0 aromatic carbocycles. The number of fused-ring (bicyclic) bond motifs is 1. The lowest BCUT2D eigenvalue weighted by atomic mass is 9.93. The van der Waals surface area contributed by atoms with Crippen LogP contribution in [0.25, 0.3) is 10.9 Å². The van der Waals surface area contributed by atoms with Crippen LogP contribution in [0.2, 0.25) is 0 Å². The predicted molar refractivity (Wildman–Crippen MR) is 115 cm³/mol. The van der Waals surface area contributed by atoms with Crippen LogP contribution in [-0.2, 0) is 4.74 Å². The second-order valence-electron chi connectivity index (χ2n) is 7.80. The molecule has 4 heterocycles. The number of anilines is 2. The summed E-state index contributed by atoms with van der Waals surface area (Å²) in [5, 5.41) is 12.5. The van der Waals surface area contributed by atoms with Crippen LogP contribution in [-0.4, -0.2) is 58.6 Å². The molecule has 2 fully saturated rings. The first-order valence-corrected chi connectivity index (χ1v) is 10.6. The minimum absolute atomic E-state index is 0.153. The van der Waals surface area contributed by atoms with Gasteiger partial charge in [-0.05, 0) is 49.9 Å². The minimum atomic E-state index is 0.153. The van der Waals surface area contributed by atoms with Gasteiger partial charge < -0.3 is 19.7 Å². The van der Waals surface area contributed by atoms with Crippen molar-refractivity contribution in [2.24, 2.45) is 0 Å². The van der Waals surface area contributed by atoms with Crippen LogP contribution in [0.15, 0.2) is 42.7 Å². The van der Waals surface area contributed by atoms with Gasteiger partial charge in [0.25, 0.3) is 0 Å². The van der Waals surface area contributed by atoms with E-state index in [0.717, 1.165) is 74.5 Å². The summed E-state index contributed by atoms with van der Waals surface area (Å²) in [6, 6.07) is 10.3. The molecule has 156 valence electrons. The Kier molecular flexibility index (Phi) is 5.56. The second kappa shape index (κ2) is 8.79. The first-order chi connectivity index (χ1) is 14.8. The maximum Gasteiger partial charge on any atom is 0.225 e. The summed E-state index contributed by atoms with van der Waals surface area (Å²) < 4.78 is 11.9. The van der Waals surface area contributed by atoms with E-state index >= 15 is 0 Å². The highest BCUT2D eigenvalue weighted by Gasteiger charge is 2.24. The van der Waals surface area contributed by atoms with Crippen molar-refractivity contribution >= 4 is 22.5 Å². The van der Waals surface area contributed by atoms with Gasteiger partial charge >= 0.3 is 0 Å². The van der Waals surface area contributed by atoms with Crippen molar-refractivity contribution in [3.63, 3.8) is 0 Å². The number of nitrogens with zero attached hydrogens (tertiary/aromatic N) is 5. The number of aromatic nitrogens is 4. The van der Waals surface area contributed by atoms with Crippen LogP contribution in [0, 0.1) is 0 Å². The quantitative estimate of drug-likeness (QED) is 0.692. The van der Waals surface area contributed by atoms with Crippen molar-refractivity contribution in [1.82, 2.24) is 20.2 Å². The summed E-state index contributed by atoms with van der Waals surface area (Å²) in [7, 11) is 0. The van der Waals surface area contributed by atoms with Gasteiger partial charge in [0, 0.05) is 37.6 Å². The molecule has 0 bridgehead atoms. The monoisotopic (exact) mass is 406 g/mol. The average molecular weight is 406 g/mol. The zero-order valence-corrected chi connectivity index (χ0v) is 16.9. The maximum atomic E-state index is 6.43. The molecule has 1 saturated carbocycles. The Hall–Kier alpha value is -3.00. The molecule has 1 aliphatic heterocycles. The first-order valence-electron chi connectivity index (χ1n) is 10.6. The third-order valence-corrected chi connectivity index (χ3v) is 5.76. The van der Waals surface area contributed by atoms with Gasteiger partial charge in [-0.3, -0.25) is 4.98 Å². The van der Waals surface area contributed by atoms with Crippen LogP contribution < -0.4 is 15.0 Å². The molecule has 0 spiro atoms. The van der Waals surface area contributed by atoms with Gasteiger partial charge in [-0.25, -0.2) is 0 Å². The summed E-state index contributed by atoms with van der Waals surface area (Å²) in [6.45, 7) is 3.12. The third kappa shape index (κ3) is 4.28. The van der Waals surface area contributed by atoms with Crippen LogP contribution in [0.1, 0.15) is 25.7 Å². The molecule has 0 amide bonds. The molecule has 1 saturated heterocycles. The van der Waals surface area contributed by atoms with Gasteiger partial charge in [0.15, 0.2) is 0 Å². The summed E-state index contributed by atoms with van der Waals surface area (Å²) in [5.74, 6) is 2.43. The van der Waals surface area contributed by atoms with Crippen LogP contribution in [0.3, 0.4) is 0 Å². The molecule has 0 atom stereocenters. The van der Waals surface area contributed by atoms with Crippen molar-refractivity contribution in [2.75, 3.05) is 36.5 Å². The van der Waals surface area contributed by atoms with E-state index < -0.39 is 0 Å². The fourth-order valence-electron chi connectivity index (χ4n) is 4.15. The molecule has 2 aliphatic rings. The predicted octanol–water partition coefficient (Wildman–Crippen LogP) is 3.06. The number of nitrogens with one attached hydrogen (secondary N) is 1. The van der Waals surface area contributed by atoms with Gasteiger partial charge in [-0.2, -0.15) is 10.1 Å². The maximum absolute atomic E-state index is 6.43. The SMILES string of the molecule is c1cnnc(NC2CCC(Oc3nc(N4CCOCC4)cc4ncccc34)CC2)c1. The molecule has 3 aromatic rings. The normalized spacial score (nSPS) is 22.1. The first kappa shape index (κ1) is 19.0. The Labute approximate surface area is 175 Å². The van der Waals surface area contributed by atoms with Crippen LogP contribution in [0.4, 0.5) is 11.6 Å². The highest BCUT2D eigenvalue weighted by molar-refractivity contribution is 5.85. The van der Waals surface area contributed by atoms with Crippen molar-refractivity contribution in [3.8, 4) is 5.88 Å². The van der Waals surface area contributed by atoms with E-state index in [-0.39, 0.29) is 6.10 Å². The van der Waals surface area contributed by atoms with E-state index in [1.54, 1.807) is 6.20 Å². The zero-order valence-electron chi connectivity index (χ0n) is 16.9. The van der Waals surface area contributed by atoms with E-state index in [1.807, 2.05) is 30.5 Å². The molecule has 3 aromatic heterocycles. The number of hydrogen-bond acceptors (Lipinski definition) is 8. The summed E-state index contributed by atoms with van der Waals surface area (Å²) in [4.78, 5) is 11.7. The second-order valence-corrected chi connectivity index (χ2v) is 7.80. The molecule has 0 radical (unpaired) electrons. The zero-order chi connectivity index (χ0) is 20.2. The van der Waals surface area contributed by atoms with Gasteiger partial charge in [-0.1, -0.05) is 0 Å². The number of rotatable bonds is 5. The van der Waals surface area contributed by atoms with Crippen LogP contribution in [0.5, 0.6) is 5.88 Å². The van der Waals surface area contributed by atoms with E-state index in [2.05, 4.69) is 31.5 Å².